The van der Waals surface area contributed by atoms with Gasteiger partial charge in [-0.25, -0.2) is 19.3 Å². The molecule has 0 N–H and O–H groups in total. The lowest BCUT2D eigenvalue weighted by Crippen LogP contribution is -2.35. The maximum atomic E-state index is 13.4. The molecule has 0 radical (unpaired) electrons. The first kappa shape index (κ1) is 20.0. The van der Waals surface area contributed by atoms with Crippen LogP contribution in [0.3, 0.4) is 0 Å². The monoisotopic (exact) mass is 433 g/mol. The molecule has 4 heterocycles. The largest absolute Gasteiger partial charge is 0.297 e. The van der Waals surface area contributed by atoms with Crippen molar-refractivity contribution in [1.82, 2.24) is 24.4 Å². The third-order valence-corrected chi connectivity index (χ3v) is 6.60. The van der Waals surface area contributed by atoms with Crippen molar-refractivity contribution in [3.8, 4) is 16.3 Å². The minimum absolute atomic E-state index is 0.231. The van der Waals surface area contributed by atoms with Gasteiger partial charge in [0.2, 0.25) is 0 Å². The van der Waals surface area contributed by atoms with Crippen LogP contribution in [0.1, 0.15) is 36.0 Å². The normalized spacial score (nSPS) is 17.2. The van der Waals surface area contributed by atoms with E-state index < -0.39 is 0 Å². The summed E-state index contributed by atoms with van der Waals surface area (Å²) in [5.74, 6) is 0.861. The molecule has 4 aromatic rings. The van der Waals surface area contributed by atoms with Gasteiger partial charge >= 0.3 is 0 Å². The zero-order valence-electron chi connectivity index (χ0n) is 17.4. The molecule has 1 aromatic carbocycles. The van der Waals surface area contributed by atoms with Crippen molar-refractivity contribution in [3.05, 3.63) is 83.4 Å². The molecule has 158 valence electrons. The highest BCUT2D eigenvalue weighted by atomic mass is 32.1. The number of piperidine rings is 1. The summed E-state index contributed by atoms with van der Waals surface area (Å²) in [6.45, 7) is 4.81. The molecule has 1 saturated heterocycles. The van der Waals surface area contributed by atoms with Gasteiger partial charge < -0.3 is 0 Å². The number of thiazole rings is 1. The summed E-state index contributed by atoms with van der Waals surface area (Å²) in [4.78, 5) is 16.2. The molecule has 0 saturated carbocycles. The van der Waals surface area contributed by atoms with Crippen molar-refractivity contribution >= 4 is 11.3 Å². The summed E-state index contributed by atoms with van der Waals surface area (Å²) in [7, 11) is 0. The lowest BCUT2D eigenvalue weighted by atomic mass is 9.89. The Morgan fingerprint density at radius 2 is 2.03 bits per heavy atom. The SMILES string of the molecule is Cc1ncc(-c2ccc(F)cc2)c(C2CCCN(Cc3cccn3-c3nccs3)C2)n1. The fraction of sp³-hybridized carbons (Fsp3) is 0.292. The van der Waals surface area contributed by atoms with Crippen LogP contribution in [-0.4, -0.2) is 37.5 Å². The van der Waals surface area contributed by atoms with Crippen LogP contribution in [0.5, 0.6) is 0 Å². The van der Waals surface area contributed by atoms with Crippen LogP contribution in [-0.2, 0) is 6.54 Å². The van der Waals surface area contributed by atoms with E-state index in [2.05, 4.69) is 37.8 Å². The van der Waals surface area contributed by atoms with Gasteiger partial charge in [0.05, 0.1) is 5.69 Å². The van der Waals surface area contributed by atoms with Crippen LogP contribution < -0.4 is 0 Å². The van der Waals surface area contributed by atoms with Crippen LogP contribution in [0.4, 0.5) is 4.39 Å². The van der Waals surface area contributed by atoms with Crippen LogP contribution in [0.25, 0.3) is 16.3 Å². The van der Waals surface area contributed by atoms with Crippen molar-refractivity contribution < 1.29 is 4.39 Å². The number of nitrogens with zero attached hydrogens (tertiary/aromatic N) is 5. The van der Waals surface area contributed by atoms with Crippen molar-refractivity contribution in [2.24, 2.45) is 0 Å². The van der Waals surface area contributed by atoms with Crippen LogP contribution in [0.15, 0.2) is 60.4 Å². The van der Waals surface area contributed by atoms with Crippen LogP contribution in [0.2, 0.25) is 0 Å². The van der Waals surface area contributed by atoms with E-state index in [9.17, 15) is 4.39 Å². The molecule has 31 heavy (non-hydrogen) atoms. The third-order valence-electron chi connectivity index (χ3n) is 5.83. The predicted octanol–water partition coefficient (Wildman–Crippen LogP) is 5.22. The molecule has 1 aliphatic rings. The van der Waals surface area contributed by atoms with E-state index in [4.69, 9.17) is 4.98 Å². The Morgan fingerprint density at radius 1 is 1.16 bits per heavy atom. The van der Waals surface area contributed by atoms with E-state index in [0.717, 1.165) is 60.3 Å². The molecule has 5 rings (SSSR count). The van der Waals surface area contributed by atoms with Gasteiger partial charge in [-0.15, -0.1) is 11.3 Å². The Bertz CT molecular complexity index is 1150. The van der Waals surface area contributed by atoms with Gasteiger partial charge in [0, 0.05) is 54.2 Å². The highest BCUT2D eigenvalue weighted by molar-refractivity contribution is 7.12. The Labute approximate surface area is 185 Å². The maximum absolute atomic E-state index is 13.4. The second-order valence-electron chi connectivity index (χ2n) is 7.98. The van der Waals surface area contributed by atoms with Crippen molar-refractivity contribution in [1.29, 1.82) is 0 Å². The second-order valence-corrected chi connectivity index (χ2v) is 8.85. The zero-order valence-corrected chi connectivity index (χ0v) is 18.2. The number of rotatable bonds is 5. The molecule has 0 spiro atoms. The van der Waals surface area contributed by atoms with E-state index >= 15 is 0 Å². The number of halogens is 1. The van der Waals surface area contributed by atoms with Gasteiger partial charge in [0.15, 0.2) is 5.13 Å². The first-order valence-corrected chi connectivity index (χ1v) is 11.4. The molecule has 0 aliphatic carbocycles. The number of hydrogen-bond acceptors (Lipinski definition) is 5. The number of aromatic nitrogens is 4. The number of benzene rings is 1. The van der Waals surface area contributed by atoms with Gasteiger partial charge in [-0.3, -0.25) is 9.47 Å². The minimum Gasteiger partial charge on any atom is -0.297 e. The van der Waals surface area contributed by atoms with Crippen molar-refractivity contribution in [3.63, 3.8) is 0 Å². The Kier molecular flexibility index (Phi) is 5.61. The van der Waals surface area contributed by atoms with E-state index in [0.29, 0.717) is 5.92 Å². The second kappa shape index (κ2) is 8.69. The molecular weight excluding hydrogens is 409 g/mol. The highest BCUT2D eigenvalue weighted by Crippen LogP contribution is 2.33. The van der Waals surface area contributed by atoms with Gasteiger partial charge in [0.1, 0.15) is 11.6 Å². The Balaban J connectivity index is 1.40. The predicted molar refractivity (Wildman–Crippen MR) is 121 cm³/mol. The topological polar surface area (TPSA) is 46.8 Å². The standard InChI is InChI=1S/C24H24FN5S/c1-17-27-14-22(18-6-8-20(25)9-7-18)23(28-17)19-4-2-11-29(15-19)16-21-5-3-12-30(21)24-26-10-13-31-24/h3,5-10,12-14,19H,2,4,11,15-16H2,1H3. The molecule has 3 aromatic heterocycles. The maximum Gasteiger partial charge on any atom is 0.193 e. The number of likely N-dealkylation sites (tertiary alicyclic amines) is 1. The molecule has 1 fully saturated rings. The van der Waals surface area contributed by atoms with E-state index in [1.54, 1.807) is 11.3 Å². The molecule has 7 heteroatoms. The average molecular weight is 434 g/mol. The quantitative estimate of drug-likeness (QED) is 0.433. The van der Waals surface area contributed by atoms with Gasteiger partial charge in [0.25, 0.3) is 0 Å². The molecular formula is C24H24FN5S. The Hall–Kier alpha value is -2.90. The van der Waals surface area contributed by atoms with Crippen molar-refractivity contribution in [2.45, 2.75) is 32.2 Å². The molecule has 1 atom stereocenters. The summed E-state index contributed by atoms with van der Waals surface area (Å²) in [5, 5.41) is 3.00. The highest BCUT2D eigenvalue weighted by Gasteiger charge is 2.26. The average Bonchev–Trinajstić information content (AvgIpc) is 3.46. The summed E-state index contributed by atoms with van der Waals surface area (Å²) in [6, 6.07) is 10.9. The minimum atomic E-state index is -0.231. The molecule has 0 amide bonds. The van der Waals surface area contributed by atoms with Gasteiger partial charge in [-0.05, 0) is 56.1 Å². The smallest absolute Gasteiger partial charge is 0.193 e. The number of hydrogen-bond donors (Lipinski definition) is 0. The van der Waals surface area contributed by atoms with Crippen LogP contribution >= 0.6 is 11.3 Å². The third kappa shape index (κ3) is 4.29. The van der Waals surface area contributed by atoms with Crippen molar-refractivity contribution in [2.75, 3.05) is 13.1 Å². The first-order valence-electron chi connectivity index (χ1n) is 10.6. The molecule has 1 unspecified atom stereocenters. The fourth-order valence-electron chi connectivity index (χ4n) is 4.37. The summed E-state index contributed by atoms with van der Waals surface area (Å²) >= 11 is 1.65. The van der Waals surface area contributed by atoms with Crippen LogP contribution in [0, 0.1) is 12.7 Å². The fourth-order valence-corrected chi connectivity index (χ4v) is 5.03. The first-order chi connectivity index (χ1) is 15.2. The molecule has 1 aliphatic heterocycles. The van der Waals surface area contributed by atoms with E-state index in [1.807, 2.05) is 36.8 Å². The zero-order chi connectivity index (χ0) is 21.2. The lowest BCUT2D eigenvalue weighted by molar-refractivity contribution is 0.195. The molecule has 5 nitrogen and oxygen atoms in total. The lowest BCUT2D eigenvalue weighted by Gasteiger charge is -2.33. The summed E-state index contributed by atoms with van der Waals surface area (Å²) in [5.41, 5.74) is 4.28. The Morgan fingerprint density at radius 3 is 2.84 bits per heavy atom. The summed E-state index contributed by atoms with van der Waals surface area (Å²) < 4.78 is 15.6. The van der Waals surface area contributed by atoms with E-state index in [-0.39, 0.29) is 5.82 Å². The molecule has 0 bridgehead atoms. The number of aryl methyl sites for hydroxylation is 1. The van der Waals surface area contributed by atoms with Gasteiger partial charge in [-0.1, -0.05) is 12.1 Å². The van der Waals surface area contributed by atoms with Gasteiger partial charge in [-0.2, -0.15) is 0 Å². The van der Waals surface area contributed by atoms with E-state index in [1.165, 1.54) is 17.8 Å². The summed E-state index contributed by atoms with van der Waals surface area (Å²) in [6.07, 6.45) is 8.02.